The fourth-order valence-corrected chi connectivity index (χ4v) is 9.10. The summed E-state index contributed by atoms with van der Waals surface area (Å²) in [6.07, 6.45) is 2.24. The molecular weight excluding hydrogens is 809 g/mol. The van der Waals surface area contributed by atoms with E-state index in [0.717, 1.165) is 39.7 Å². The number of hydrogen-bond acceptors (Lipinski definition) is 8. The molecule has 1 atom stereocenters. The van der Waals surface area contributed by atoms with Gasteiger partial charge < -0.3 is 25.4 Å². The van der Waals surface area contributed by atoms with Crippen molar-refractivity contribution in [3.8, 4) is 22.4 Å². The third-order valence-electron chi connectivity index (χ3n) is 12.4. The van der Waals surface area contributed by atoms with E-state index in [-0.39, 0.29) is 60.8 Å². The predicted molar refractivity (Wildman–Crippen MR) is 232 cm³/mol. The number of aromatic nitrogens is 4. The van der Waals surface area contributed by atoms with Crippen LogP contribution in [0.3, 0.4) is 0 Å². The number of aryl methyl sites for hydroxylation is 2. The van der Waals surface area contributed by atoms with Crippen molar-refractivity contribution in [1.29, 1.82) is 0 Å². The Morgan fingerprint density at radius 1 is 0.952 bits per heavy atom. The number of anilines is 2. The van der Waals surface area contributed by atoms with E-state index in [1.807, 2.05) is 18.2 Å². The van der Waals surface area contributed by atoms with Crippen molar-refractivity contribution >= 4 is 51.8 Å². The minimum absolute atomic E-state index is 0.0990. The number of fused-ring (bicyclic) bond motifs is 3. The van der Waals surface area contributed by atoms with E-state index in [4.69, 9.17) is 0 Å². The first-order valence-electron chi connectivity index (χ1n) is 20.9. The van der Waals surface area contributed by atoms with Crippen LogP contribution in [0.15, 0.2) is 73.1 Å². The van der Waals surface area contributed by atoms with Gasteiger partial charge in [0.1, 0.15) is 11.7 Å². The maximum atomic E-state index is 14.9. The molecule has 3 aromatic heterocycles. The Bertz CT molecular complexity index is 2870. The van der Waals surface area contributed by atoms with Gasteiger partial charge in [-0.3, -0.25) is 39.0 Å². The summed E-state index contributed by atoms with van der Waals surface area (Å²) < 4.78 is 31.5. The number of aromatic amines is 1. The first kappa shape index (κ1) is 41.1. The Labute approximate surface area is 361 Å². The zero-order chi connectivity index (χ0) is 44.3. The second kappa shape index (κ2) is 16.2. The maximum Gasteiger partial charge on any atom is 0.270 e. The van der Waals surface area contributed by atoms with Gasteiger partial charge in [0.15, 0.2) is 0 Å². The van der Waals surface area contributed by atoms with E-state index in [2.05, 4.69) is 55.8 Å². The molecule has 322 valence electrons. The number of pyridine rings is 1. The van der Waals surface area contributed by atoms with Crippen LogP contribution in [0.25, 0.3) is 33.3 Å². The van der Waals surface area contributed by atoms with Crippen LogP contribution in [0.4, 0.5) is 20.2 Å². The van der Waals surface area contributed by atoms with Gasteiger partial charge in [-0.05, 0) is 89.9 Å². The Balaban J connectivity index is 0.925. The Kier molecular flexibility index (Phi) is 10.6. The van der Waals surface area contributed by atoms with Crippen molar-refractivity contribution in [1.82, 2.24) is 40.6 Å². The minimum Gasteiger partial charge on any atom is -0.360 e. The number of nitrogens with one attached hydrogen (secondary N) is 4. The largest absolute Gasteiger partial charge is 0.360 e. The van der Waals surface area contributed by atoms with Gasteiger partial charge in [-0.1, -0.05) is 32.0 Å². The molecule has 5 amide bonds. The molecule has 0 bridgehead atoms. The van der Waals surface area contributed by atoms with Crippen LogP contribution in [0, 0.1) is 0 Å². The lowest BCUT2D eigenvalue weighted by molar-refractivity contribution is -0.136. The number of H-pyrrole nitrogens is 1. The van der Waals surface area contributed by atoms with Crippen LogP contribution in [-0.2, 0) is 36.1 Å². The monoisotopic (exact) mass is 853 g/mol. The number of amides is 5. The highest BCUT2D eigenvalue weighted by atomic mass is 19.3. The number of imide groups is 1. The van der Waals surface area contributed by atoms with E-state index in [9.17, 15) is 32.8 Å². The molecule has 6 aromatic rings. The molecule has 3 aliphatic rings. The van der Waals surface area contributed by atoms with Crippen LogP contribution >= 0.6 is 0 Å². The van der Waals surface area contributed by atoms with E-state index in [1.165, 1.54) is 17.2 Å². The summed E-state index contributed by atoms with van der Waals surface area (Å²) >= 11 is 0. The first-order chi connectivity index (χ1) is 30.3. The summed E-state index contributed by atoms with van der Waals surface area (Å²) in [7, 11) is 3.33. The normalized spacial score (nSPS) is 16.2. The number of nitrogens with zero attached hydrogens (tertiary/aromatic N) is 5. The minimum atomic E-state index is -2.79. The summed E-state index contributed by atoms with van der Waals surface area (Å²) in [6, 6.07) is 16.9. The van der Waals surface area contributed by atoms with Gasteiger partial charge in [0.05, 0.1) is 23.5 Å². The predicted octanol–water partition coefficient (Wildman–Crippen LogP) is 6.83. The van der Waals surface area contributed by atoms with Crippen molar-refractivity contribution in [2.75, 3.05) is 18.5 Å². The molecule has 3 aliphatic heterocycles. The molecule has 14 nitrogen and oxygen atoms in total. The molecule has 0 aliphatic carbocycles. The summed E-state index contributed by atoms with van der Waals surface area (Å²) in [5, 5.41) is 13.3. The average molecular weight is 854 g/mol. The second-order valence-corrected chi connectivity index (χ2v) is 16.5. The van der Waals surface area contributed by atoms with Crippen LogP contribution < -0.4 is 20.9 Å². The topological polar surface area (TPSA) is 174 Å². The number of rotatable bonds is 10. The van der Waals surface area contributed by atoms with Crippen molar-refractivity contribution in [3.63, 3.8) is 0 Å². The number of hydrogen-bond donors (Lipinski definition) is 4. The highest BCUT2D eigenvalue weighted by molar-refractivity contribution is 6.09. The lowest BCUT2D eigenvalue weighted by atomic mass is 9.91. The number of halogens is 2. The molecule has 16 heteroatoms. The number of benzene rings is 3. The van der Waals surface area contributed by atoms with Gasteiger partial charge >= 0.3 is 0 Å². The van der Waals surface area contributed by atoms with E-state index >= 15 is 0 Å². The molecule has 6 heterocycles. The molecule has 3 aromatic carbocycles. The van der Waals surface area contributed by atoms with Crippen molar-refractivity contribution < 1.29 is 32.8 Å². The molecule has 9 rings (SSSR count). The van der Waals surface area contributed by atoms with Crippen molar-refractivity contribution in [2.45, 2.75) is 71.0 Å². The van der Waals surface area contributed by atoms with Gasteiger partial charge in [0, 0.05) is 90.5 Å². The molecule has 1 fully saturated rings. The van der Waals surface area contributed by atoms with E-state index < -0.39 is 24.3 Å². The summed E-state index contributed by atoms with van der Waals surface area (Å²) in [6.45, 7) is 5.06. The Hall–Kier alpha value is -7.23. The quantitative estimate of drug-likeness (QED) is 0.109. The highest BCUT2D eigenvalue weighted by Gasteiger charge is 2.40. The second-order valence-electron chi connectivity index (χ2n) is 16.5. The first-order valence-corrected chi connectivity index (χ1v) is 20.9. The van der Waals surface area contributed by atoms with Crippen molar-refractivity contribution in [3.05, 3.63) is 118 Å². The number of carbonyl (C=O) groups is 5. The highest BCUT2D eigenvalue weighted by Crippen LogP contribution is 2.43. The molecule has 4 N–H and O–H groups in total. The smallest absolute Gasteiger partial charge is 0.270 e. The van der Waals surface area contributed by atoms with Gasteiger partial charge in [-0.15, -0.1) is 0 Å². The standard InChI is InChI=1S/C47H45F2N9O5/c1-24(2)31-16-27(17-33-35(44(60)50-3)22-52-42(31)33)57-14-6-7-25-15-32(34(43(48)49)19-40(25)57)26-10-11-37(51-20-26)45(61)53-21-28-18-38(55-56(28)4)29-8-5-9-30-36(29)23-58(47(30)63)39-12-13-41(59)54-46(39)62/h5,8-11,15-20,22,24,39,43,52H,6-7,12-14,21,23H2,1-4H3,(H,50,60)(H,53,61)(H,54,59,62). The van der Waals surface area contributed by atoms with Crippen LogP contribution in [0.5, 0.6) is 0 Å². The zero-order valence-corrected chi connectivity index (χ0v) is 35.1. The maximum absolute atomic E-state index is 14.9. The van der Waals surface area contributed by atoms with E-state index in [1.54, 1.807) is 55.3 Å². The van der Waals surface area contributed by atoms with E-state index in [0.29, 0.717) is 57.9 Å². The van der Waals surface area contributed by atoms with Gasteiger partial charge in [0.2, 0.25) is 11.8 Å². The molecular formula is C47H45F2N9O5. The number of alkyl halides is 2. The third kappa shape index (κ3) is 7.38. The fraction of sp³-hybridized carbons (Fsp3) is 0.298. The molecule has 1 saturated heterocycles. The Morgan fingerprint density at radius 2 is 1.76 bits per heavy atom. The fourth-order valence-electron chi connectivity index (χ4n) is 9.10. The molecule has 63 heavy (non-hydrogen) atoms. The summed E-state index contributed by atoms with van der Waals surface area (Å²) in [5.74, 6) is -1.68. The van der Waals surface area contributed by atoms with Crippen LogP contribution in [-0.4, -0.2) is 73.8 Å². The van der Waals surface area contributed by atoms with Gasteiger partial charge in [-0.2, -0.15) is 5.10 Å². The zero-order valence-electron chi connectivity index (χ0n) is 35.1. The number of piperidine rings is 1. The van der Waals surface area contributed by atoms with Crippen LogP contribution in [0.2, 0.25) is 0 Å². The average Bonchev–Trinajstić information content (AvgIpc) is 3.98. The lowest BCUT2D eigenvalue weighted by Gasteiger charge is -2.33. The molecule has 0 spiro atoms. The van der Waals surface area contributed by atoms with Crippen molar-refractivity contribution in [2.24, 2.45) is 7.05 Å². The van der Waals surface area contributed by atoms with Gasteiger partial charge in [-0.25, -0.2) is 8.78 Å². The third-order valence-corrected chi connectivity index (χ3v) is 12.4. The van der Waals surface area contributed by atoms with Gasteiger partial charge in [0.25, 0.3) is 24.1 Å². The van der Waals surface area contributed by atoms with Crippen LogP contribution in [0.1, 0.15) is 105 Å². The summed E-state index contributed by atoms with van der Waals surface area (Å²) in [5.41, 5.74) is 8.73. The number of carbonyl (C=O) groups excluding carboxylic acids is 5. The summed E-state index contributed by atoms with van der Waals surface area (Å²) in [4.78, 5) is 75.0. The molecule has 0 radical (unpaired) electrons. The lowest BCUT2D eigenvalue weighted by Crippen LogP contribution is -2.52. The molecule has 0 saturated carbocycles. The SMILES string of the molecule is CNC(=O)c1c[nH]c2c(C(C)C)cc(N3CCCc4cc(-c5ccc(C(=O)NCc6cc(-c7cccc8c7CN(C7CCC(=O)NC7=O)C8=O)nn6C)nc5)c(C(F)F)cc43)cc12. The Morgan fingerprint density at radius 3 is 2.49 bits per heavy atom. The molecule has 1 unspecified atom stereocenters.